The molecule has 0 spiro atoms. The van der Waals surface area contributed by atoms with E-state index < -0.39 is 5.97 Å². The van der Waals surface area contributed by atoms with Crippen LogP contribution < -0.4 is 4.74 Å². The Hall–Kier alpha value is -2.29. The van der Waals surface area contributed by atoms with E-state index in [4.69, 9.17) is 9.84 Å². The number of carboxylic acids is 1. The van der Waals surface area contributed by atoms with Crippen molar-refractivity contribution in [3.63, 3.8) is 0 Å². The first kappa shape index (κ1) is 15.1. The van der Waals surface area contributed by atoms with E-state index in [1.54, 1.807) is 25.1 Å². The highest BCUT2D eigenvalue weighted by Crippen LogP contribution is 2.26. The van der Waals surface area contributed by atoms with Crippen LogP contribution in [0.5, 0.6) is 11.5 Å². The van der Waals surface area contributed by atoms with Crippen LogP contribution in [-0.4, -0.2) is 11.1 Å². The maximum atomic E-state index is 11.0. The Bertz CT molecular complexity index is 629. The molecule has 21 heavy (non-hydrogen) atoms. The SMILES string of the molecule is CCC(C)c1ccc(Oc2ccc(C(=O)O)c(C)c2)cc1. The Morgan fingerprint density at radius 2 is 1.76 bits per heavy atom. The molecule has 0 radical (unpaired) electrons. The number of hydrogen-bond acceptors (Lipinski definition) is 2. The number of rotatable bonds is 5. The van der Waals surface area contributed by atoms with Gasteiger partial charge in [0.25, 0.3) is 0 Å². The minimum Gasteiger partial charge on any atom is -0.478 e. The molecular formula is C18H20O3. The number of ether oxygens (including phenoxy) is 1. The third-order valence-corrected chi connectivity index (χ3v) is 3.73. The van der Waals surface area contributed by atoms with E-state index in [2.05, 4.69) is 26.0 Å². The predicted octanol–water partition coefficient (Wildman–Crippen LogP) is 5.00. The van der Waals surface area contributed by atoms with Crippen LogP contribution in [0.2, 0.25) is 0 Å². The van der Waals surface area contributed by atoms with Gasteiger partial charge in [0.2, 0.25) is 0 Å². The second-order valence-corrected chi connectivity index (χ2v) is 5.26. The number of aromatic carboxylic acids is 1. The topological polar surface area (TPSA) is 46.5 Å². The van der Waals surface area contributed by atoms with Gasteiger partial charge >= 0.3 is 5.97 Å². The average molecular weight is 284 g/mol. The van der Waals surface area contributed by atoms with E-state index in [0.29, 0.717) is 22.8 Å². The highest BCUT2D eigenvalue weighted by molar-refractivity contribution is 5.89. The van der Waals surface area contributed by atoms with Crippen molar-refractivity contribution in [2.75, 3.05) is 0 Å². The zero-order valence-corrected chi connectivity index (χ0v) is 12.6. The molecule has 0 bridgehead atoms. The fraction of sp³-hybridized carbons (Fsp3) is 0.278. The summed E-state index contributed by atoms with van der Waals surface area (Å²) in [7, 11) is 0. The van der Waals surface area contributed by atoms with Crippen LogP contribution in [-0.2, 0) is 0 Å². The Morgan fingerprint density at radius 3 is 2.29 bits per heavy atom. The van der Waals surface area contributed by atoms with Gasteiger partial charge in [-0.05, 0) is 60.7 Å². The molecule has 0 aliphatic heterocycles. The quantitative estimate of drug-likeness (QED) is 0.840. The van der Waals surface area contributed by atoms with Crippen LogP contribution in [0.4, 0.5) is 0 Å². The Kier molecular flexibility index (Phi) is 4.63. The van der Waals surface area contributed by atoms with Crippen molar-refractivity contribution < 1.29 is 14.6 Å². The van der Waals surface area contributed by atoms with Crippen LogP contribution in [0.1, 0.15) is 47.7 Å². The summed E-state index contributed by atoms with van der Waals surface area (Å²) in [5.41, 5.74) is 2.29. The van der Waals surface area contributed by atoms with Gasteiger partial charge in [-0.2, -0.15) is 0 Å². The van der Waals surface area contributed by atoms with Crippen LogP contribution in [0, 0.1) is 6.92 Å². The van der Waals surface area contributed by atoms with Crippen molar-refractivity contribution in [2.45, 2.75) is 33.1 Å². The second kappa shape index (κ2) is 6.44. The fourth-order valence-corrected chi connectivity index (χ4v) is 2.18. The van der Waals surface area contributed by atoms with Crippen LogP contribution >= 0.6 is 0 Å². The summed E-state index contributed by atoms with van der Waals surface area (Å²) in [6.07, 6.45) is 1.11. The lowest BCUT2D eigenvalue weighted by Gasteiger charge is -2.11. The van der Waals surface area contributed by atoms with Crippen molar-refractivity contribution in [1.82, 2.24) is 0 Å². The van der Waals surface area contributed by atoms with Crippen molar-refractivity contribution >= 4 is 5.97 Å². The van der Waals surface area contributed by atoms with Gasteiger partial charge < -0.3 is 9.84 Å². The van der Waals surface area contributed by atoms with E-state index in [1.165, 1.54) is 5.56 Å². The molecule has 2 aromatic rings. The van der Waals surface area contributed by atoms with Gasteiger partial charge in [0, 0.05) is 0 Å². The van der Waals surface area contributed by atoms with Crippen molar-refractivity contribution in [3.05, 3.63) is 59.2 Å². The summed E-state index contributed by atoms with van der Waals surface area (Å²) < 4.78 is 5.77. The number of hydrogen-bond donors (Lipinski definition) is 1. The lowest BCUT2D eigenvalue weighted by Crippen LogP contribution is -1.99. The zero-order chi connectivity index (χ0) is 15.4. The Balaban J connectivity index is 2.15. The predicted molar refractivity (Wildman–Crippen MR) is 83.4 cm³/mol. The summed E-state index contributed by atoms with van der Waals surface area (Å²) in [5, 5.41) is 9.01. The van der Waals surface area contributed by atoms with Crippen molar-refractivity contribution in [1.29, 1.82) is 0 Å². The molecular weight excluding hydrogens is 264 g/mol. The van der Waals surface area contributed by atoms with Crippen molar-refractivity contribution in [2.24, 2.45) is 0 Å². The second-order valence-electron chi connectivity index (χ2n) is 5.26. The van der Waals surface area contributed by atoms with E-state index >= 15 is 0 Å². The van der Waals surface area contributed by atoms with Crippen LogP contribution in [0.15, 0.2) is 42.5 Å². The molecule has 1 atom stereocenters. The molecule has 0 fully saturated rings. The maximum Gasteiger partial charge on any atom is 0.335 e. The third kappa shape index (κ3) is 3.63. The van der Waals surface area contributed by atoms with E-state index in [9.17, 15) is 4.79 Å². The normalized spacial score (nSPS) is 12.0. The lowest BCUT2D eigenvalue weighted by atomic mass is 9.99. The molecule has 2 rings (SSSR count). The molecule has 1 unspecified atom stereocenters. The van der Waals surface area contributed by atoms with Gasteiger partial charge in [-0.3, -0.25) is 0 Å². The van der Waals surface area contributed by atoms with Gasteiger partial charge in [-0.25, -0.2) is 4.79 Å². The molecule has 0 saturated heterocycles. The van der Waals surface area contributed by atoms with Gasteiger partial charge in [-0.15, -0.1) is 0 Å². The standard InChI is InChI=1S/C18H20O3/c1-4-12(2)14-5-7-15(8-6-14)21-16-9-10-17(18(19)20)13(3)11-16/h5-12H,4H2,1-3H3,(H,19,20). The summed E-state index contributed by atoms with van der Waals surface area (Å²) >= 11 is 0. The first-order valence-electron chi connectivity index (χ1n) is 7.13. The first-order valence-corrected chi connectivity index (χ1v) is 7.13. The van der Waals surface area contributed by atoms with Crippen molar-refractivity contribution in [3.8, 4) is 11.5 Å². The molecule has 0 aliphatic carbocycles. The molecule has 0 heterocycles. The molecule has 2 aromatic carbocycles. The molecule has 0 aliphatic rings. The summed E-state index contributed by atoms with van der Waals surface area (Å²) in [6.45, 7) is 6.13. The molecule has 0 aromatic heterocycles. The third-order valence-electron chi connectivity index (χ3n) is 3.73. The van der Waals surface area contributed by atoms with Gasteiger partial charge in [0.05, 0.1) is 5.56 Å². The van der Waals surface area contributed by atoms with Crippen LogP contribution in [0.25, 0.3) is 0 Å². The van der Waals surface area contributed by atoms with Gasteiger partial charge in [-0.1, -0.05) is 26.0 Å². The van der Waals surface area contributed by atoms with E-state index in [1.807, 2.05) is 12.1 Å². The number of carboxylic acid groups (broad SMARTS) is 1. The van der Waals surface area contributed by atoms with Gasteiger partial charge in [0.15, 0.2) is 0 Å². The van der Waals surface area contributed by atoms with Crippen LogP contribution in [0.3, 0.4) is 0 Å². The zero-order valence-electron chi connectivity index (χ0n) is 12.6. The molecule has 3 heteroatoms. The molecule has 1 N–H and O–H groups in total. The summed E-state index contributed by atoms with van der Waals surface area (Å²) in [5.74, 6) is 1.02. The highest BCUT2D eigenvalue weighted by atomic mass is 16.5. The Labute approximate surface area is 125 Å². The smallest absolute Gasteiger partial charge is 0.335 e. The molecule has 0 amide bonds. The average Bonchev–Trinajstić information content (AvgIpc) is 2.47. The molecule has 110 valence electrons. The number of benzene rings is 2. The molecule has 0 saturated carbocycles. The summed E-state index contributed by atoms with van der Waals surface area (Å²) in [4.78, 5) is 11.0. The number of aryl methyl sites for hydroxylation is 1. The first-order chi connectivity index (χ1) is 10.0. The Morgan fingerprint density at radius 1 is 1.14 bits per heavy atom. The monoisotopic (exact) mass is 284 g/mol. The minimum absolute atomic E-state index is 0.300. The minimum atomic E-state index is -0.919. The fourth-order valence-electron chi connectivity index (χ4n) is 2.18. The van der Waals surface area contributed by atoms with Gasteiger partial charge in [0.1, 0.15) is 11.5 Å². The molecule has 3 nitrogen and oxygen atoms in total. The highest BCUT2D eigenvalue weighted by Gasteiger charge is 2.08. The van der Waals surface area contributed by atoms with E-state index in [-0.39, 0.29) is 0 Å². The number of carbonyl (C=O) groups is 1. The largest absolute Gasteiger partial charge is 0.478 e. The summed E-state index contributed by atoms with van der Waals surface area (Å²) in [6, 6.07) is 13.0. The maximum absolute atomic E-state index is 11.0. The van der Waals surface area contributed by atoms with E-state index in [0.717, 1.165) is 12.2 Å². The lowest BCUT2D eigenvalue weighted by molar-refractivity contribution is 0.0696.